The Kier molecular flexibility index (Phi) is 4.63. The van der Waals surface area contributed by atoms with Crippen LogP contribution in [0.25, 0.3) is 10.2 Å². The van der Waals surface area contributed by atoms with E-state index in [9.17, 15) is 4.79 Å². The summed E-state index contributed by atoms with van der Waals surface area (Å²) in [5.41, 5.74) is 1.45. The molecule has 5 nitrogen and oxygen atoms in total. The Morgan fingerprint density at radius 2 is 2.28 bits per heavy atom. The third-order valence-corrected chi connectivity index (χ3v) is 6.57. The Labute approximate surface area is 152 Å². The number of hydrogen-bond donors (Lipinski definition) is 0. The fourth-order valence-electron chi connectivity index (χ4n) is 4.12. The molecule has 0 radical (unpaired) electrons. The highest BCUT2D eigenvalue weighted by Crippen LogP contribution is 2.41. The summed E-state index contributed by atoms with van der Waals surface area (Å²) in [6.45, 7) is 6.29. The number of fused-ring (bicyclic) bond motifs is 3. The third-order valence-electron chi connectivity index (χ3n) is 5.41. The van der Waals surface area contributed by atoms with Crippen LogP contribution < -0.4 is 4.90 Å². The lowest BCUT2D eigenvalue weighted by molar-refractivity contribution is -0.148. The highest BCUT2D eigenvalue weighted by Gasteiger charge is 2.30. The van der Waals surface area contributed by atoms with Crippen molar-refractivity contribution < 1.29 is 9.53 Å². The molecule has 0 amide bonds. The van der Waals surface area contributed by atoms with Crippen molar-refractivity contribution in [2.24, 2.45) is 11.8 Å². The van der Waals surface area contributed by atoms with E-state index in [4.69, 9.17) is 4.74 Å². The lowest BCUT2D eigenvalue weighted by Gasteiger charge is -2.33. The number of esters is 1. The van der Waals surface area contributed by atoms with Crippen LogP contribution in [0.1, 0.15) is 43.6 Å². The number of rotatable bonds is 3. The number of carbonyl (C=O) groups excluding carboxylic acids is 1. The second kappa shape index (κ2) is 6.90. The molecule has 1 aliphatic carbocycles. The van der Waals surface area contributed by atoms with Crippen LogP contribution in [-0.2, 0) is 22.4 Å². The molecular formula is C19H25N3O2S. The molecule has 4 rings (SSSR count). The van der Waals surface area contributed by atoms with Crippen molar-refractivity contribution in [3.8, 4) is 0 Å². The standard InChI is InChI=1S/C19H25N3O2S/c1-3-24-19(23)13-5-4-8-22(10-13)17-16-14-7-6-12(2)9-15(14)25-18(16)21-11-20-17/h11-13H,3-10H2,1-2H3/t12-,13-/m1/s1. The maximum Gasteiger partial charge on any atom is 0.310 e. The van der Waals surface area contributed by atoms with Crippen LogP contribution in [0.5, 0.6) is 0 Å². The van der Waals surface area contributed by atoms with Gasteiger partial charge in [0.2, 0.25) is 0 Å². The van der Waals surface area contributed by atoms with E-state index in [0.717, 1.165) is 48.8 Å². The Morgan fingerprint density at radius 3 is 3.12 bits per heavy atom. The van der Waals surface area contributed by atoms with Gasteiger partial charge in [-0.2, -0.15) is 0 Å². The summed E-state index contributed by atoms with van der Waals surface area (Å²) in [6.07, 6.45) is 7.09. The van der Waals surface area contributed by atoms with E-state index in [0.29, 0.717) is 13.2 Å². The number of ether oxygens (including phenoxy) is 1. The molecule has 2 aliphatic rings. The highest BCUT2D eigenvalue weighted by molar-refractivity contribution is 7.19. The van der Waals surface area contributed by atoms with E-state index in [1.165, 1.54) is 22.2 Å². The summed E-state index contributed by atoms with van der Waals surface area (Å²) >= 11 is 1.83. The topological polar surface area (TPSA) is 55.3 Å². The van der Waals surface area contributed by atoms with E-state index in [1.807, 2.05) is 18.3 Å². The van der Waals surface area contributed by atoms with Gasteiger partial charge in [-0.25, -0.2) is 9.97 Å². The number of hydrogen-bond acceptors (Lipinski definition) is 6. The lowest BCUT2D eigenvalue weighted by atomic mass is 9.89. The first-order valence-corrected chi connectivity index (χ1v) is 10.2. The van der Waals surface area contributed by atoms with Crippen molar-refractivity contribution in [2.75, 3.05) is 24.6 Å². The molecule has 0 unspecified atom stereocenters. The van der Waals surface area contributed by atoms with Gasteiger partial charge in [-0.05, 0) is 50.5 Å². The molecule has 6 heteroatoms. The van der Waals surface area contributed by atoms with E-state index in [2.05, 4.69) is 21.8 Å². The van der Waals surface area contributed by atoms with Crippen molar-refractivity contribution in [3.63, 3.8) is 0 Å². The van der Waals surface area contributed by atoms with Crippen molar-refractivity contribution in [1.29, 1.82) is 0 Å². The molecule has 2 atom stereocenters. The van der Waals surface area contributed by atoms with Crippen LogP contribution in [0.3, 0.4) is 0 Å². The molecule has 25 heavy (non-hydrogen) atoms. The minimum Gasteiger partial charge on any atom is -0.466 e. The summed E-state index contributed by atoms with van der Waals surface area (Å²) in [5, 5.41) is 1.24. The maximum atomic E-state index is 12.2. The predicted octanol–water partition coefficient (Wildman–Crippen LogP) is 3.60. The average molecular weight is 359 g/mol. The molecule has 1 saturated heterocycles. The third kappa shape index (κ3) is 3.12. The van der Waals surface area contributed by atoms with Crippen LogP contribution >= 0.6 is 11.3 Å². The van der Waals surface area contributed by atoms with E-state index >= 15 is 0 Å². The van der Waals surface area contributed by atoms with Crippen molar-refractivity contribution in [3.05, 3.63) is 16.8 Å². The Hall–Kier alpha value is -1.69. The Bertz CT molecular complexity index is 788. The van der Waals surface area contributed by atoms with Crippen LogP contribution in [-0.4, -0.2) is 35.6 Å². The number of thiophene rings is 1. The van der Waals surface area contributed by atoms with Crippen LogP contribution in [0.2, 0.25) is 0 Å². The van der Waals surface area contributed by atoms with Gasteiger partial charge in [0.25, 0.3) is 0 Å². The van der Waals surface area contributed by atoms with E-state index < -0.39 is 0 Å². The predicted molar refractivity (Wildman–Crippen MR) is 100 cm³/mol. The summed E-state index contributed by atoms with van der Waals surface area (Å²) < 4.78 is 5.24. The van der Waals surface area contributed by atoms with Crippen LogP contribution in [0, 0.1) is 11.8 Å². The second-order valence-corrected chi connectivity index (χ2v) is 8.35. The normalized spacial score (nSPS) is 23.5. The lowest BCUT2D eigenvalue weighted by Crippen LogP contribution is -2.40. The fourth-order valence-corrected chi connectivity index (χ4v) is 5.47. The molecule has 0 saturated carbocycles. The number of piperidine rings is 1. The minimum atomic E-state index is -0.0707. The average Bonchev–Trinajstić information content (AvgIpc) is 2.99. The van der Waals surface area contributed by atoms with Gasteiger partial charge in [0, 0.05) is 18.0 Å². The first-order chi connectivity index (χ1) is 12.2. The van der Waals surface area contributed by atoms with Crippen molar-refractivity contribution in [1.82, 2.24) is 9.97 Å². The number of nitrogens with zero attached hydrogens (tertiary/aromatic N) is 3. The Balaban J connectivity index is 1.68. The molecule has 1 fully saturated rings. The molecule has 0 bridgehead atoms. The molecule has 134 valence electrons. The number of anilines is 1. The number of carbonyl (C=O) groups is 1. The van der Waals surface area contributed by atoms with Gasteiger partial charge in [0.1, 0.15) is 17.0 Å². The zero-order valence-corrected chi connectivity index (χ0v) is 15.8. The molecule has 3 heterocycles. The van der Waals surface area contributed by atoms with Crippen molar-refractivity contribution >= 4 is 33.3 Å². The molecule has 0 spiro atoms. The molecular weight excluding hydrogens is 334 g/mol. The summed E-state index contributed by atoms with van der Waals surface area (Å²) in [4.78, 5) is 26.2. The smallest absolute Gasteiger partial charge is 0.310 e. The SMILES string of the molecule is CCOC(=O)[C@@H]1CCCN(c2ncnc3sc4c(c23)CC[C@@H](C)C4)C1. The fraction of sp³-hybridized carbons (Fsp3) is 0.632. The van der Waals surface area contributed by atoms with Gasteiger partial charge >= 0.3 is 5.97 Å². The Morgan fingerprint density at radius 1 is 1.40 bits per heavy atom. The molecule has 1 aliphatic heterocycles. The molecule has 0 aromatic carbocycles. The second-order valence-electron chi connectivity index (χ2n) is 7.27. The zero-order chi connectivity index (χ0) is 17.4. The highest BCUT2D eigenvalue weighted by atomic mass is 32.1. The summed E-state index contributed by atoms with van der Waals surface area (Å²) in [5.74, 6) is 1.65. The van der Waals surface area contributed by atoms with E-state index in [-0.39, 0.29) is 11.9 Å². The van der Waals surface area contributed by atoms with Crippen LogP contribution in [0.4, 0.5) is 5.82 Å². The summed E-state index contributed by atoms with van der Waals surface area (Å²) in [6, 6.07) is 0. The van der Waals surface area contributed by atoms with Gasteiger partial charge in [-0.3, -0.25) is 4.79 Å². The number of aromatic nitrogens is 2. The monoisotopic (exact) mass is 359 g/mol. The van der Waals surface area contributed by atoms with Gasteiger partial charge < -0.3 is 9.64 Å². The van der Waals surface area contributed by atoms with Gasteiger partial charge in [-0.1, -0.05) is 6.92 Å². The van der Waals surface area contributed by atoms with Gasteiger partial charge in [0.05, 0.1) is 17.9 Å². The first kappa shape index (κ1) is 16.8. The van der Waals surface area contributed by atoms with Crippen LogP contribution in [0.15, 0.2) is 6.33 Å². The molecule has 0 N–H and O–H groups in total. The maximum absolute atomic E-state index is 12.2. The number of aryl methyl sites for hydroxylation is 1. The molecule has 2 aromatic rings. The zero-order valence-electron chi connectivity index (χ0n) is 15.0. The summed E-state index contributed by atoms with van der Waals surface area (Å²) in [7, 11) is 0. The van der Waals surface area contributed by atoms with Gasteiger partial charge in [-0.15, -0.1) is 11.3 Å². The van der Waals surface area contributed by atoms with E-state index in [1.54, 1.807) is 6.33 Å². The molecule has 2 aromatic heterocycles. The minimum absolute atomic E-state index is 0.0480. The largest absolute Gasteiger partial charge is 0.466 e. The van der Waals surface area contributed by atoms with Gasteiger partial charge in [0.15, 0.2) is 0 Å². The first-order valence-electron chi connectivity index (χ1n) is 9.34. The quantitative estimate of drug-likeness (QED) is 0.784. The van der Waals surface area contributed by atoms with Crippen molar-refractivity contribution in [2.45, 2.75) is 46.0 Å².